The van der Waals surface area contributed by atoms with Gasteiger partial charge in [0.25, 0.3) is 5.91 Å². The van der Waals surface area contributed by atoms with Gasteiger partial charge in [0.1, 0.15) is 11.4 Å². The van der Waals surface area contributed by atoms with E-state index in [1.807, 2.05) is 34.9 Å². The molecule has 0 unspecified atom stereocenters. The predicted octanol–water partition coefficient (Wildman–Crippen LogP) is 2.67. The number of imide groups is 1. The molecular formula is C17H23N3O3. The van der Waals surface area contributed by atoms with Gasteiger partial charge in [-0.1, -0.05) is 0 Å². The molecule has 0 aromatic heterocycles. The highest BCUT2D eigenvalue weighted by atomic mass is 16.5. The van der Waals surface area contributed by atoms with Crippen LogP contribution in [0.2, 0.25) is 0 Å². The van der Waals surface area contributed by atoms with Crippen LogP contribution in [-0.4, -0.2) is 48.5 Å². The molecule has 124 valence electrons. The molecule has 0 N–H and O–H groups in total. The molecule has 1 aliphatic rings. The molecule has 1 heterocycles. The first-order valence-electron chi connectivity index (χ1n) is 7.65. The first-order valence-corrected chi connectivity index (χ1v) is 7.65. The average Bonchev–Trinajstić information content (AvgIpc) is 2.71. The summed E-state index contributed by atoms with van der Waals surface area (Å²) in [6.07, 6.45) is 1.67. The summed E-state index contributed by atoms with van der Waals surface area (Å²) in [7, 11) is 3.64. The van der Waals surface area contributed by atoms with Crippen LogP contribution in [0.25, 0.3) is 0 Å². The smallest absolute Gasteiger partial charge is 0.336 e. The van der Waals surface area contributed by atoms with Gasteiger partial charge in [-0.25, -0.2) is 4.79 Å². The van der Waals surface area contributed by atoms with Gasteiger partial charge in [-0.3, -0.25) is 14.6 Å². The van der Waals surface area contributed by atoms with Gasteiger partial charge in [-0.2, -0.15) is 0 Å². The maximum atomic E-state index is 12.7. The minimum atomic E-state index is -0.331. The van der Waals surface area contributed by atoms with Crippen molar-refractivity contribution in [2.75, 3.05) is 25.6 Å². The molecular weight excluding hydrogens is 294 g/mol. The Morgan fingerprint density at radius 1 is 1.17 bits per heavy atom. The van der Waals surface area contributed by atoms with E-state index in [0.717, 1.165) is 5.75 Å². The van der Waals surface area contributed by atoms with Gasteiger partial charge in [-0.15, -0.1) is 0 Å². The van der Waals surface area contributed by atoms with Gasteiger partial charge < -0.3 is 9.64 Å². The van der Waals surface area contributed by atoms with Gasteiger partial charge in [-0.05, 0) is 45.0 Å². The summed E-state index contributed by atoms with van der Waals surface area (Å²) in [5.74, 6) is 0.445. The molecule has 0 spiro atoms. The van der Waals surface area contributed by atoms with Crippen molar-refractivity contribution in [2.45, 2.75) is 26.8 Å². The monoisotopic (exact) mass is 317 g/mol. The van der Waals surface area contributed by atoms with Crippen LogP contribution in [0.5, 0.6) is 5.75 Å². The molecule has 23 heavy (non-hydrogen) atoms. The van der Waals surface area contributed by atoms with Crippen LogP contribution in [0, 0.1) is 0 Å². The Balaban J connectivity index is 2.44. The van der Waals surface area contributed by atoms with E-state index < -0.39 is 0 Å². The Labute approximate surface area is 136 Å². The van der Waals surface area contributed by atoms with E-state index in [1.165, 1.54) is 9.80 Å². The number of anilines is 1. The van der Waals surface area contributed by atoms with Crippen molar-refractivity contribution in [1.29, 1.82) is 0 Å². The van der Waals surface area contributed by atoms with E-state index >= 15 is 0 Å². The fraction of sp³-hybridized carbons (Fsp3) is 0.412. The van der Waals surface area contributed by atoms with E-state index in [-0.39, 0.29) is 18.0 Å². The highest BCUT2D eigenvalue weighted by molar-refractivity contribution is 6.21. The summed E-state index contributed by atoms with van der Waals surface area (Å²) in [6.45, 7) is 6.14. The molecule has 0 aliphatic carbocycles. The fourth-order valence-corrected chi connectivity index (χ4v) is 2.44. The molecule has 6 heteroatoms. The normalized spacial score (nSPS) is 16.7. The molecule has 0 bridgehead atoms. The number of urea groups is 1. The Morgan fingerprint density at radius 3 is 2.26 bits per heavy atom. The fourth-order valence-electron chi connectivity index (χ4n) is 2.44. The minimum Gasteiger partial charge on any atom is -0.494 e. The minimum absolute atomic E-state index is 0.201. The molecule has 1 aromatic carbocycles. The zero-order chi connectivity index (χ0) is 17.1. The quantitative estimate of drug-likeness (QED) is 0.619. The molecule has 3 amide bonds. The first kappa shape index (κ1) is 16.9. The summed E-state index contributed by atoms with van der Waals surface area (Å²) < 4.78 is 5.42. The van der Waals surface area contributed by atoms with Gasteiger partial charge in [0.05, 0.1) is 12.3 Å². The molecule has 0 saturated carbocycles. The van der Waals surface area contributed by atoms with E-state index in [9.17, 15) is 9.59 Å². The number of ether oxygens (including phenoxy) is 1. The van der Waals surface area contributed by atoms with Crippen molar-refractivity contribution in [3.8, 4) is 5.75 Å². The third kappa shape index (κ3) is 3.31. The van der Waals surface area contributed by atoms with Crippen LogP contribution >= 0.6 is 0 Å². The molecule has 6 nitrogen and oxygen atoms in total. The summed E-state index contributed by atoms with van der Waals surface area (Å²) in [6, 6.07) is 6.62. The summed E-state index contributed by atoms with van der Waals surface area (Å²) in [4.78, 5) is 29.8. The van der Waals surface area contributed by atoms with Crippen molar-refractivity contribution in [1.82, 2.24) is 9.80 Å². The van der Waals surface area contributed by atoms with Gasteiger partial charge in [0, 0.05) is 26.3 Å². The number of carbonyl (C=O) groups excluding carboxylic acids is 2. The van der Waals surface area contributed by atoms with E-state index in [0.29, 0.717) is 18.0 Å². The second-order valence-corrected chi connectivity index (χ2v) is 5.79. The molecule has 1 fully saturated rings. The van der Waals surface area contributed by atoms with Crippen LogP contribution in [0.4, 0.5) is 10.5 Å². The second-order valence-electron chi connectivity index (χ2n) is 5.79. The van der Waals surface area contributed by atoms with Crippen LogP contribution in [-0.2, 0) is 4.79 Å². The highest BCUT2D eigenvalue weighted by Gasteiger charge is 2.43. The molecule has 1 aliphatic heterocycles. The van der Waals surface area contributed by atoms with E-state index in [4.69, 9.17) is 4.74 Å². The lowest BCUT2D eigenvalue weighted by molar-refractivity contribution is -0.124. The van der Waals surface area contributed by atoms with Crippen molar-refractivity contribution in [3.63, 3.8) is 0 Å². The molecule has 1 aromatic rings. The lowest BCUT2D eigenvalue weighted by atomic mass is 10.2. The number of hydrogen-bond acceptors (Lipinski definition) is 4. The van der Waals surface area contributed by atoms with Crippen molar-refractivity contribution in [3.05, 3.63) is 36.2 Å². The van der Waals surface area contributed by atoms with Crippen LogP contribution in [0.3, 0.4) is 0 Å². The number of benzene rings is 1. The topological polar surface area (TPSA) is 53.1 Å². The number of rotatable bonds is 5. The molecule has 1 saturated heterocycles. The number of carbonyl (C=O) groups is 2. The Morgan fingerprint density at radius 2 is 1.78 bits per heavy atom. The summed E-state index contributed by atoms with van der Waals surface area (Å²) >= 11 is 0. The molecule has 0 atom stereocenters. The van der Waals surface area contributed by atoms with Gasteiger partial charge in [0.15, 0.2) is 0 Å². The van der Waals surface area contributed by atoms with Gasteiger partial charge >= 0.3 is 6.03 Å². The number of hydrogen-bond donors (Lipinski definition) is 0. The average molecular weight is 317 g/mol. The third-order valence-electron chi connectivity index (χ3n) is 3.38. The zero-order valence-electron chi connectivity index (χ0n) is 14.2. The second kappa shape index (κ2) is 6.73. The van der Waals surface area contributed by atoms with E-state index in [1.54, 1.807) is 35.4 Å². The largest absolute Gasteiger partial charge is 0.494 e. The van der Waals surface area contributed by atoms with Crippen LogP contribution in [0.15, 0.2) is 36.2 Å². The van der Waals surface area contributed by atoms with Gasteiger partial charge in [0.2, 0.25) is 0 Å². The van der Waals surface area contributed by atoms with Crippen LogP contribution in [0.1, 0.15) is 20.8 Å². The lowest BCUT2D eigenvalue weighted by Gasteiger charge is -2.20. The first-order chi connectivity index (χ1) is 10.9. The third-order valence-corrected chi connectivity index (χ3v) is 3.38. The SMILES string of the molecule is CCOc1ccc(N2C(=O)N(C(C)C)C(=O)/C2=C/N(C)C)cc1. The highest BCUT2D eigenvalue weighted by Crippen LogP contribution is 2.31. The Kier molecular flexibility index (Phi) is 4.93. The maximum absolute atomic E-state index is 12.7. The summed E-state index contributed by atoms with van der Waals surface area (Å²) in [5, 5.41) is 0. The summed E-state index contributed by atoms with van der Waals surface area (Å²) in [5.41, 5.74) is 0.987. The molecule has 0 radical (unpaired) electrons. The molecule has 2 rings (SSSR count). The van der Waals surface area contributed by atoms with Crippen LogP contribution < -0.4 is 9.64 Å². The number of amides is 3. The Bertz CT molecular complexity index is 620. The van der Waals surface area contributed by atoms with E-state index in [2.05, 4.69) is 0 Å². The zero-order valence-corrected chi connectivity index (χ0v) is 14.2. The maximum Gasteiger partial charge on any atom is 0.336 e. The standard InChI is InChI=1S/C17H23N3O3/c1-6-23-14-9-7-13(8-10-14)20-15(11-18(4)5)16(21)19(12(2)3)17(20)22/h7-12H,6H2,1-5H3/b15-11-. The van der Waals surface area contributed by atoms with Crippen molar-refractivity contribution < 1.29 is 14.3 Å². The Hall–Kier alpha value is -2.50. The lowest BCUT2D eigenvalue weighted by Crippen LogP contribution is -2.38. The van der Waals surface area contributed by atoms with Crippen molar-refractivity contribution in [2.24, 2.45) is 0 Å². The predicted molar refractivity (Wildman–Crippen MR) is 89.2 cm³/mol. The number of nitrogens with zero attached hydrogens (tertiary/aromatic N) is 3. The van der Waals surface area contributed by atoms with Crippen molar-refractivity contribution >= 4 is 17.6 Å².